The molecule has 3 aromatic carbocycles. The fraction of sp³-hybridized carbons (Fsp3) is 0.241. The van der Waals surface area contributed by atoms with Crippen LogP contribution in [0.2, 0.25) is 0 Å². The number of likely N-dealkylation sites (tertiary alicyclic amines) is 1. The van der Waals surface area contributed by atoms with Gasteiger partial charge in [0, 0.05) is 29.5 Å². The molecule has 1 aliphatic rings. The highest BCUT2D eigenvalue weighted by atomic mass is 79.9. The normalized spacial score (nSPS) is 16.0. The third kappa shape index (κ3) is 6.00. The Hall–Kier alpha value is -3.43. The van der Waals surface area contributed by atoms with E-state index in [9.17, 15) is 27.9 Å². The van der Waals surface area contributed by atoms with Crippen molar-refractivity contribution in [3.05, 3.63) is 112 Å². The average molecular weight is 587 g/mol. The Morgan fingerprint density at radius 1 is 0.842 bits per heavy atom. The molecule has 0 unspecified atom stereocenters. The van der Waals surface area contributed by atoms with Crippen LogP contribution in [0.25, 0.3) is 5.57 Å². The van der Waals surface area contributed by atoms with Crippen LogP contribution in [0.15, 0.2) is 95.1 Å². The lowest BCUT2D eigenvalue weighted by Gasteiger charge is -2.33. The smallest absolute Gasteiger partial charge is 0.376 e. The molecule has 1 aliphatic heterocycles. The van der Waals surface area contributed by atoms with Gasteiger partial charge in [0.05, 0.1) is 0 Å². The molecule has 4 rings (SSSR count). The fourth-order valence-corrected chi connectivity index (χ4v) is 4.70. The number of hydrogen-bond acceptors (Lipinski definition) is 3. The number of benzene rings is 3. The summed E-state index contributed by atoms with van der Waals surface area (Å²) in [5.74, 6) is -1.24. The lowest BCUT2D eigenvalue weighted by atomic mass is 9.83. The van der Waals surface area contributed by atoms with Gasteiger partial charge in [0.25, 0.3) is 11.8 Å². The van der Waals surface area contributed by atoms with Gasteiger partial charge < -0.3 is 15.3 Å². The molecule has 2 N–H and O–H groups in total. The zero-order chi connectivity index (χ0) is 27.3. The number of carbonyl (C=O) groups is 2. The second kappa shape index (κ2) is 11.5. The van der Waals surface area contributed by atoms with Crippen LogP contribution in [0.3, 0.4) is 0 Å². The molecular formula is C29H26BrF3N2O3. The first-order chi connectivity index (χ1) is 18.1. The highest BCUT2D eigenvalue weighted by Gasteiger charge is 2.55. The summed E-state index contributed by atoms with van der Waals surface area (Å²) in [6.07, 6.45) is -4.59. The van der Waals surface area contributed by atoms with Crippen molar-refractivity contribution < 1.29 is 27.9 Å². The maximum atomic E-state index is 14.6. The lowest BCUT2D eigenvalue weighted by Crippen LogP contribution is -2.44. The van der Waals surface area contributed by atoms with E-state index in [2.05, 4.69) is 21.2 Å². The molecule has 1 heterocycles. The summed E-state index contributed by atoms with van der Waals surface area (Å²) in [7, 11) is 0. The van der Waals surface area contributed by atoms with Gasteiger partial charge in [-0.15, -0.1) is 0 Å². The van der Waals surface area contributed by atoms with Crippen molar-refractivity contribution in [3.8, 4) is 0 Å². The lowest BCUT2D eigenvalue weighted by molar-refractivity contribution is -0.264. The van der Waals surface area contributed by atoms with E-state index in [1.165, 1.54) is 29.2 Å². The summed E-state index contributed by atoms with van der Waals surface area (Å²) >= 11 is 3.32. The van der Waals surface area contributed by atoms with E-state index in [0.29, 0.717) is 17.6 Å². The molecule has 38 heavy (non-hydrogen) atoms. The minimum Gasteiger partial charge on any atom is -0.376 e. The number of rotatable bonds is 7. The minimum absolute atomic E-state index is 0.123. The van der Waals surface area contributed by atoms with Crippen molar-refractivity contribution >= 4 is 33.3 Å². The first kappa shape index (κ1) is 27.6. The number of halogens is 4. The molecule has 198 valence electrons. The fourth-order valence-electron chi connectivity index (χ4n) is 4.43. The van der Waals surface area contributed by atoms with Crippen LogP contribution in [0.4, 0.5) is 13.2 Å². The van der Waals surface area contributed by atoms with Crippen molar-refractivity contribution in [3.63, 3.8) is 0 Å². The molecule has 0 saturated carbocycles. The van der Waals surface area contributed by atoms with Gasteiger partial charge in [0.15, 0.2) is 5.60 Å². The summed E-state index contributed by atoms with van der Waals surface area (Å²) < 4.78 is 44.4. The Labute approximate surface area is 227 Å². The van der Waals surface area contributed by atoms with E-state index < -0.39 is 30.0 Å². The Kier molecular flexibility index (Phi) is 8.38. The van der Waals surface area contributed by atoms with Crippen molar-refractivity contribution in [1.82, 2.24) is 10.2 Å². The molecule has 5 nitrogen and oxygen atoms in total. The minimum atomic E-state index is -5.08. The van der Waals surface area contributed by atoms with Gasteiger partial charge in [-0.2, -0.15) is 13.2 Å². The van der Waals surface area contributed by atoms with Crippen LogP contribution in [-0.2, 0) is 10.4 Å². The van der Waals surface area contributed by atoms with Crippen LogP contribution in [0, 0.1) is 0 Å². The van der Waals surface area contributed by atoms with Crippen molar-refractivity contribution in [1.29, 1.82) is 0 Å². The van der Waals surface area contributed by atoms with Crippen LogP contribution in [-0.4, -0.2) is 41.1 Å². The summed E-state index contributed by atoms with van der Waals surface area (Å²) in [6, 6.07) is 21.2. The zero-order valence-corrected chi connectivity index (χ0v) is 21.9. The number of nitrogens with zero attached hydrogens (tertiary/aromatic N) is 1. The van der Waals surface area contributed by atoms with Gasteiger partial charge in [0.1, 0.15) is 5.70 Å². The maximum absolute atomic E-state index is 14.6. The zero-order valence-electron chi connectivity index (χ0n) is 20.3. The highest BCUT2D eigenvalue weighted by molar-refractivity contribution is 9.10. The van der Waals surface area contributed by atoms with E-state index in [4.69, 9.17) is 0 Å². The quantitative estimate of drug-likeness (QED) is 0.331. The molecular weight excluding hydrogens is 561 g/mol. The Morgan fingerprint density at radius 3 is 1.95 bits per heavy atom. The first-order valence-corrected chi connectivity index (χ1v) is 12.9. The number of amides is 2. The molecule has 1 fully saturated rings. The molecule has 0 aliphatic carbocycles. The van der Waals surface area contributed by atoms with Crippen LogP contribution in [0.5, 0.6) is 0 Å². The van der Waals surface area contributed by atoms with Crippen molar-refractivity contribution in [2.24, 2.45) is 0 Å². The van der Waals surface area contributed by atoms with Gasteiger partial charge in [0.2, 0.25) is 0 Å². The van der Waals surface area contributed by atoms with E-state index in [-0.39, 0.29) is 28.0 Å². The Bertz CT molecular complexity index is 1310. The number of nitrogens with one attached hydrogen (secondary N) is 1. The third-order valence-corrected chi connectivity index (χ3v) is 7.06. The van der Waals surface area contributed by atoms with E-state index in [0.717, 1.165) is 12.8 Å². The van der Waals surface area contributed by atoms with Gasteiger partial charge in [-0.05, 0) is 53.8 Å². The largest absolute Gasteiger partial charge is 0.421 e. The third-order valence-electron chi connectivity index (χ3n) is 6.53. The topological polar surface area (TPSA) is 69.6 Å². The summed E-state index contributed by atoms with van der Waals surface area (Å²) in [6.45, 7) is 0.832. The predicted molar refractivity (Wildman–Crippen MR) is 142 cm³/mol. The average Bonchev–Trinajstić information content (AvgIpc) is 3.46. The maximum Gasteiger partial charge on any atom is 0.421 e. The second-order valence-corrected chi connectivity index (χ2v) is 10.00. The molecule has 3 aromatic rings. The van der Waals surface area contributed by atoms with Crippen LogP contribution < -0.4 is 5.32 Å². The standard InChI is InChI=1S/C29H26BrF3N2O3/c30-23-15-13-20(14-16-23)24(19-28(38,29(31,32)33)22-11-5-2-6-12-22)25(27(37)35-17-7-8-18-35)34-26(36)21-9-3-1-4-10-21/h1-6,9-16,38H,7-8,17-19H2,(H,34,36)/b25-24-/t28-/m1/s1. The number of hydrogen-bond donors (Lipinski definition) is 2. The number of carbonyl (C=O) groups excluding carboxylic acids is 2. The molecule has 0 bridgehead atoms. The molecule has 0 spiro atoms. The second-order valence-electron chi connectivity index (χ2n) is 9.08. The molecule has 1 atom stereocenters. The van der Waals surface area contributed by atoms with Crippen molar-refractivity contribution in [2.75, 3.05) is 13.1 Å². The number of aliphatic hydroxyl groups is 1. The van der Waals surface area contributed by atoms with E-state index in [1.807, 2.05) is 0 Å². The van der Waals surface area contributed by atoms with Crippen LogP contribution in [0.1, 0.15) is 40.7 Å². The van der Waals surface area contributed by atoms with Gasteiger partial charge in [-0.1, -0.05) is 76.6 Å². The van der Waals surface area contributed by atoms with Gasteiger partial charge >= 0.3 is 6.18 Å². The van der Waals surface area contributed by atoms with Gasteiger partial charge in [-0.25, -0.2) is 0 Å². The SMILES string of the molecule is O=C(N/C(C(=O)N1CCCC1)=C(/C[C@@](O)(c1ccccc1)C(F)(F)F)c1ccc(Br)cc1)c1ccccc1. The Morgan fingerprint density at radius 2 is 1.39 bits per heavy atom. The molecule has 0 aromatic heterocycles. The first-order valence-electron chi connectivity index (χ1n) is 12.1. The van der Waals surface area contributed by atoms with Gasteiger partial charge in [-0.3, -0.25) is 9.59 Å². The molecule has 1 saturated heterocycles. The summed E-state index contributed by atoms with van der Waals surface area (Å²) in [4.78, 5) is 28.4. The van der Waals surface area contributed by atoms with E-state index in [1.54, 1.807) is 60.7 Å². The summed E-state index contributed by atoms with van der Waals surface area (Å²) in [5.41, 5.74) is -3.61. The predicted octanol–water partition coefficient (Wildman–Crippen LogP) is 6.05. The molecule has 9 heteroatoms. The Balaban J connectivity index is 1.92. The number of alkyl halides is 3. The summed E-state index contributed by atoms with van der Waals surface area (Å²) in [5, 5.41) is 13.9. The van der Waals surface area contributed by atoms with E-state index >= 15 is 0 Å². The molecule has 0 radical (unpaired) electrons. The van der Waals surface area contributed by atoms with Crippen LogP contribution >= 0.6 is 15.9 Å². The monoisotopic (exact) mass is 586 g/mol. The molecule has 2 amide bonds. The van der Waals surface area contributed by atoms with Crippen molar-refractivity contribution in [2.45, 2.75) is 31.0 Å². The highest BCUT2D eigenvalue weighted by Crippen LogP contribution is 2.46.